The third kappa shape index (κ3) is 4.68. The highest BCUT2D eigenvalue weighted by Gasteiger charge is 2.11. The number of pyridine rings is 1. The van der Waals surface area contributed by atoms with Gasteiger partial charge in [-0.15, -0.1) is 0 Å². The number of hydrogen-bond acceptors (Lipinski definition) is 3. The lowest BCUT2D eigenvalue weighted by Gasteiger charge is -2.08. The van der Waals surface area contributed by atoms with Crippen LogP contribution >= 0.6 is 11.6 Å². The Kier molecular flexibility index (Phi) is 5.61. The van der Waals surface area contributed by atoms with Crippen molar-refractivity contribution in [2.45, 2.75) is 6.54 Å². The monoisotopic (exact) mass is 365 g/mol. The zero-order chi connectivity index (χ0) is 18.4. The topological polar surface area (TPSA) is 71.1 Å². The van der Waals surface area contributed by atoms with Gasteiger partial charge >= 0.3 is 0 Å². The zero-order valence-electron chi connectivity index (χ0n) is 13.8. The van der Waals surface area contributed by atoms with Gasteiger partial charge in [-0.2, -0.15) is 0 Å². The number of halogens is 1. The Morgan fingerprint density at radius 2 is 1.69 bits per heavy atom. The molecule has 5 nitrogen and oxygen atoms in total. The van der Waals surface area contributed by atoms with Crippen molar-refractivity contribution in [1.82, 2.24) is 10.3 Å². The second kappa shape index (κ2) is 8.27. The number of nitrogens with zero attached hydrogens (tertiary/aromatic N) is 1. The summed E-state index contributed by atoms with van der Waals surface area (Å²) in [6.07, 6.45) is 3.36. The molecule has 0 fully saturated rings. The Morgan fingerprint density at radius 1 is 0.923 bits per heavy atom. The summed E-state index contributed by atoms with van der Waals surface area (Å²) in [5, 5.41) is 6.10. The van der Waals surface area contributed by atoms with Crippen molar-refractivity contribution in [2.24, 2.45) is 0 Å². The third-order valence-corrected chi connectivity index (χ3v) is 3.88. The first-order valence-electron chi connectivity index (χ1n) is 7.96. The molecule has 0 saturated carbocycles. The van der Waals surface area contributed by atoms with Gasteiger partial charge in [0.1, 0.15) is 0 Å². The molecule has 0 radical (unpaired) electrons. The van der Waals surface area contributed by atoms with Crippen molar-refractivity contribution in [1.29, 1.82) is 0 Å². The first-order valence-corrected chi connectivity index (χ1v) is 8.34. The van der Waals surface area contributed by atoms with Gasteiger partial charge in [-0.05, 0) is 48.0 Å². The van der Waals surface area contributed by atoms with Crippen molar-refractivity contribution < 1.29 is 9.59 Å². The van der Waals surface area contributed by atoms with E-state index >= 15 is 0 Å². The molecular weight excluding hydrogens is 350 g/mol. The number of rotatable bonds is 5. The van der Waals surface area contributed by atoms with Crippen molar-refractivity contribution in [3.63, 3.8) is 0 Å². The highest BCUT2D eigenvalue weighted by Crippen LogP contribution is 2.16. The highest BCUT2D eigenvalue weighted by molar-refractivity contribution is 6.31. The summed E-state index contributed by atoms with van der Waals surface area (Å²) >= 11 is 5.92. The van der Waals surface area contributed by atoms with E-state index in [-0.39, 0.29) is 11.8 Å². The van der Waals surface area contributed by atoms with Gasteiger partial charge in [-0.25, -0.2) is 0 Å². The molecule has 1 aromatic heterocycles. The molecule has 1 heterocycles. The molecule has 3 rings (SSSR count). The normalized spacial score (nSPS) is 10.2. The van der Waals surface area contributed by atoms with Crippen molar-refractivity contribution in [3.8, 4) is 0 Å². The van der Waals surface area contributed by atoms with Crippen LogP contribution in [0.3, 0.4) is 0 Å². The largest absolute Gasteiger partial charge is 0.348 e. The fourth-order valence-corrected chi connectivity index (χ4v) is 2.55. The second-order valence-corrected chi connectivity index (χ2v) is 6.03. The molecule has 0 aliphatic heterocycles. The quantitative estimate of drug-likeness (QED) is 0.720. The van der Waals surface area contributed by atoms with Gasteiger partial charge in [0.15, 0.2) is 0 Å². The number of benzene rings is 2. The summed E-state index contributed by atoms with van der Waals surface area (Å²) in [4.78, 5) is 28.7. The summed E-state index contributed by atoms with van der Waals surface area (Å²) in [6, 6.07) is 17.1. The van der Waals surface area contributed by atoms with Gasteiger partial charge in [0.2, 0.25) is 0 Å². The van der Waals surface area contributed by atoms with Crippen LogP contribution in [0.25, 0.3) is 0 Å². The molecule has 130 valence electrons. The fraction of sp³-hybridized carbons (Fsp3) is 0.0500. The summed E-state index contributed by atoms with van der Waals surface area (Å²) in [7, 11) is 0. The minimum absolute atomic E-state index is 0.258. The molecule has 2 N–H and O–H groups in total. The first-order chi connectivity index (χ1) is 12.6. The minimum Gasteiger partial charge on any atom is -0.348 e. The number of hydrogen-bond donors (Lipinski definition) is 2. The Morgan fingerprint density at radius 3 is 2.42 bits per heavy atom. The smallest absolute Gasteiger partial charge is 0.255 e. The molecule has 26 heavy (non-hydrogen) atoms. The first kappa shape index (κ1) is 17.6. The van der Waals surface area contributed by atoms with Gasteiger partial charge in [-0.3, -0.25) is 14.6 Å². The maximum Gasteiger partial charge on any atom is 0.255 e. The maximum absolute atomic E-state index is 12.4. The van der Waals surface area contributed by atoms with Crippen LogP contribution in [0.1, 0.15) is 26.3 Å². The Labute approximate surface area is 156 Å². The summed E-state index contributed by atoms with van der Waals surface area (Å²) in [5.74, 6) is -0.569. The molecule has 0 unspecified atom stereocenters. The lowest BCUT2D eigenvalue weighted by atomic mass is 10.1. The van der Waals surface area contributed by atoms with Crippen LogP contribution in [0.5, 0.6) is 0 Å². The molecule has 0 spiro atoms. The fourth-order valence-electron chi connectivity index (χ4n) is 2.36. The molecule has 2 aromatic carbocycles. The van der Waals surface area contributed by atoms with Crippen molar-refractivity contribution in [3.05, 3.63) is 94.8 Å². The molecule has 0 saturated heterocycles. The summed E-state index contributed by atoms with van der Waals surface area (Å²) in [6.45, 7) is 0.367. The van der Waals surface area contributed by atoms with Gasteiger partial charge in [0.25, 0.3) is 11.8 Å². The molecule has 0 aliphatic rings. The Bertz CT molecular complexity index is 929. The van der Waals surface area contributed by atoms with E-state index in [0.717, 1.165) is 5.56 Å². The van der Waals surface area contributed by atoms with Crippen molar-refractivity contribution >= 4 is 29.1 Å². The number of carbonyl (C=O) groups is 2. The number of anilines is 1. The molecule has 2 amide bonds. The molecule has 3 aromatic rings. The molecule has 6 heteroatoms. The average molecular weight is 366 g/mol. The van der Waals surface area contributed by atoms with Gasteiger partial charge in [0.05, 0.1) is 0 Å². The maximum atomic E-state index is 12.4. The van der Waals surface area contributed by atoms with Crippen LogP contribution in [-0.2, 0) is 6.54 Å². The van der Waals surface area contributed by atoms with E-state index in [1.165, 1.54) is 0 Å². The number of aromatic nitrogens is 1. The van der Waals surface area contributed by atoms with Crippen molar-refractivity contribution in [2.75, 3.05) is 5.32 Å². The molecule has 0 aliphatic carbocycles. The van der Waals surface area contributed by atoms with Crippen LogP contribution in [0.15, 0.2) is 73.1 Å². The van der Waals surface area contributed by atoms with Gasteiger partial charge < -0.3 is 10.6 Å². The van der Waals surface area contributed by atoms with E-state index < -0.39 is 0 Å². The second-order valence-electron chi connectivity index (χ2n) is 5.59. The number of nitrogens with one attached hydrogen (secondary N) is 2. The number of amides is 2. The predicted molar refractivity (Wildman–Crippen MR) is 101 cm³/mol. The van der Waals surface area contributed by atoms with E-state index in [9.17, 15) is 9.59 Å². The Hall–Kier alpha value is -3.18. The standard InChI is InChI=1S/C20H16ClN3O2/c21-17-7-2-8-18(11-17)24-20(26)16-6-1-5-15(10-16)19(25)23-13-14-4-3-9-22-12-14/h1-12H,13H2,(H,23,25)(H,24,26). The van der Waals surface area contributed by atoms with E-state index in [1.54, 1.807) is 60.9 Å². The highest BCUT2D eigenvalue weighted by atomic mass is 35.5. The van der Waals surface area contributed by atoms with E-state index in [1.807, 2.05) is 12.1 Å². The lowest BCUT2D eigenvalue weighted by molar-refractivity contribution is 0.0951. The average Bonchev–Trinajstić information content (AvgIpc) is 2.67. The summed E-state index contributed by atoms with van der Waals surface area (Å²) in [5.41, 5.74) is 2.29. The minimum atomic E-state index is -0.311. The van der Waals surface area contributed by atoms with E-state index in [2.05, 4.69) is 15.6 Å². The van der Waals surface area contributed by atoms with Crippen LogP contribution in [0, 0.1) is 0 Å². The third-order valence-electron chi connectivity index (χ3n) is 3.65. The van der Waals surface area contributed by atoms with Gasteiger partial charge in [-0.1, -0.05) is 29.8 Å². The van der Waals surface area contributed by atoms with E-state index in [0.29, 0.717) is 28.4 Å². The molecule has 0 atom stereocenters. The van der Waals surface area contributed by atoms with Crippen LogP contribution in [-0.4, -0.2) is 16.8 Å². The predicted octanol–water partition coefficient (Wildman–Crippen LogP) is 3.92. The SMILES string of the molecule is O=C(NCc1cccnc1)c1cccc(C(=O)Nc2cccc(Cl)c2)c1. The van der Waals surface area contributed by atoms with Crippen LogP contribution in [0.2, 0.25) is 5.02 Å². The lowest BCUT2D eigenvalue weighted by Crippen LogP contribution is -2.23. The van der Waals surface area contributed by atoms with Crippen LogP contribution in [0.4, 0.5) is 5.69 Å². The number of carbonyl (C=O) groups excluding carboxylic acids is 2. The summed E-state index contributed by atoms with van der Waals surface area (Å²) < 4.78 is 0. The van der Waals surface area contributed by atoms with Gasteiger partial charge in [0, 0.05) is 40.8 Å². The zero-order valence-corrected chi connectivity index (χ0v) is 14.5. The van der Waals surface area contributed by atoms with E-state index in [4.69, 9.17) is 11.6 Å². The molecular formula is C20H16ClN3O2. The molecule has 0 bridgehead atoms. The Balaban J connectivity index is 1.67. The van der Waals surface area contributed by atoms with Crippen LogP contribution < -0.4 is 10.6 Å².